The molecule has 2 rings (SSSR count). The summed E-state index contributed by atoms with van der Waals surface area (Å²) >= 11 is 1.73. The minimum Gasteiger partial charge on any atom is -0.469 e. The predicted molar refractivity (Wildman–Crippen MR) is 71.5 cm³/mol. The third kappa shape index (κ3) is 2.15. The number of benzene rings is 1. The van der Waals surface area contributed by atoms with Crippen molar-refractivity contribution in [2.75, 3.05) is 12.9 Å². The van der Waals surface area contributed by atoms with Crippen LogP contribution in [0.3, 0.4) is 0 Å². The number of hydrogen-bond acceptors (Lipinski definition) is 4. The molecule has 0 aliphatic carbocycles. The summed E-state index contributed by atoms with van der Waals surface area (Å²) in [5.74, 6) is -0.00710. The molecular formula is C14H18O3S. The van der Waals surface area contributed by atoms with Crippen LogP contribution in [0.15, 0.2) is 29.2 Å². The van der Waals surface area contributed by atoms with Gasteiger partial charge in [-0.1, -0.05) is 25.1 Å². The summed E-state index contributed by atoms with van der Waals surface area (Å²) in [6, 6.07) is 7.76. The average molecular weight is 266 g/mol. The van der Waals surface area contributed by atoms with E-state index in [1.165, 1.54) is 7.11 Å². The molecule has 0 bridgehead atoms. The number of rotatable bonds is 3. The lowest BCUT2D eigenvalue weighted by Crippen LogP contribution is -2.42. The van der Waals surface area contributed by atoms with E-state index in [-0.39, 0.29) is 5.97 Å². The molecule has 0 aromatic heterocycles. The van der Waals surface area contributed by atoms with Crippen LogP contribution in [-0.2, 0) is 15.1 Å². The van der Waals surface area contributed by atoms with Gasteiger partial charge in [-0.15, -0.1) is 11.8 Å². The van der Waals surface area contributed by atoms with Crippen LogP contribution in [0.4, 0.5) is 0 Å². The standard InChI is InChI=1S/C14H18O3S/c1-3-10(13(15)17-2)14(16)8-9-18-12-7-5-4-6-11(12)14/h4-7,10,16H,3,8-9H2,1-2H3. The fourth-order valence-corrected chi connectivity index (χ4v) is 3.81. The lowest BCUT2D eigenvalue weighted by molar-refractivity contribution is -0.157. The molecule has 0 fully saturated rings. The van der Waals surface area contributed by atoms with Crippen LogP contribution < -0.4 is 0 Å². The Bertz CT molecular complexity index is 446. The Kier molecular flexibility index (Phi) is 3.97. The summed E-state index contributed by atoms with van der Waals surface area (Å²) in [6.45, 7) is 1.91. The van der Waals surface area contributed by atoms with Crippen molar-refractivity contribution in [3.05, 3.63) is 29.8 Å². The molecule has 2 unspecified atom stereocenters. The lowest BCUT2D eigenvalue weighted by atomic mass is 9.77. The van der Waals surface area contributed by atoms with Gasteiger partial charge in [0.05, 0.1) is 13.0 Å². The second-order valence-electron chi connectivity index (χ2n) is 4.50. The number of carbonyl (C=O) groups is 1. The van der Waals surface area contributed by atoms with Crippen molar-refractivity contribution in [2.24, 2.45) is 5.92 Å². The van der Waals surface area contributed by atoms with E-state index >= 15 is 0 Å². The Balaban J connectivity index is 2.45. The van der Waals surface area contributed by atoms with E-state index in [0.717, 1.165) is 16.2 Å². The second kappa shape index (κ2) is 5.33. The average Bonchev–Trinajstić information content (AvgIpc) is 2.40. The van der Waals surface area contributed by atoms with E-state index in [2.05, 4.69) is 0 Å². The van der Waals surface area contributed by atoms with Crippen molar-refractivity contribution < 1.29 is 14.6 Å². The van der Waals surface area contributed by atoms with E-state index in [1.807, 2.05) is 31.2 Å². The van der Waals surface area contributed by atoms with Gasteiger partial charge < -0.3 is 9.84 Å². The third-order valence-electron chi connectivity index (χ3n) is 3.56. The molecule has 1 aromatic carbocycles. The molecule has 3 nitrogen and oxygen atoms in total. The first-order valence-corrected chi connectivity index (χ1v) is 7.14. The summed E-state index contributed by atoms with van der Waals surface area (Å²) in [6.07, 6.45) is 1.16. The maximum absolute atomic E-state index is 11.9. The number of hydrogen-bond donors (Lipinski definition) is 1. The fourth-order valence-electron chi connectivity index (χ4n) is 2.60. The number of carbonyl (C=O) groups excluding carboxylic acids is 1. The zero-order valence-electron chi connectivity index (χ0n) is 10.7. The number of esters is 1. The third-order valence-corrected chi connectivity index (χ3v) is 4.64. The summed E-state index contributed by atoms with van der Waals surface area (Å²) in [4.78, 5) is 12.9. The van der Waals surface area contributed by atoms with E-state index in [4.69, 9.17) is 4.74 Å². The SMILES string of the molecule is CCC(C(=O)OC)C1(O)CCSc2ccccc21. The summed E-state index contributed by atoms with van der Waals surface area (Å²) in [7, 11) is 1.37. The largest absolute Gasteiger partial charge is 0.469 e. The molecule has 98 valence electrons. The fraction of sp³-hybridized carbons (Fsp3) is 0.500. The maximum Gasteiger partial charge on any atom is 0.311 e. The van der Waals surface area contributed by atoms with Gasteiger partial charge in [0, 0.05) is 10.6 Å². The Morgan fingerprint density at radius 3 is 2.94 bits per heavy atom. The molecule has 1 aliphatic heterocycles. The van der Waals surface area contributed by atoms with Crippen LogP contribution in [0.1, 0.15) is 25.3 Å². The van der Waals surface area contributed by atoms with Gasteiger partial charge in [-0.05, 0) is 24.5 Å². The number of methoxy groups -OCH3 is 1. The highest BCUT2D eigenvalue weighted by atomic mass is 32.2. The van der Waals surface area contributed by atoms with E-state index in [0.29, 0.717) is 12.8 Å². The van der Waals surface area contributed by atoms with Crippen LogP contribution >= 0.6 is 11.8 Å². The number of thioether (sulfide) groups is 1. The zero-order valence-corrected chi connectivity index (χ0v) is 11.5. The Hall–Kier alpha value is -1.00. The van der Waals surface area contributed by atoms with Gasteiger partial charge in [0.2, 0.25) is 0 Å². The molecular weight excluding hydrogens is 248 g/mol. The highest BCUT2D eigenvalue weighted by molar-refractivity contribution is 7.99. The number of aliphatic hydroxyl groups is 1. The van der Waals surface area contributed by atoms with Crippen molar-refractivity contribution in [1.82, 2.24) is 0 Å². The molecule has 1 heterocycles. The van der Waals surface area contributed by atoms with Gasteiger partial charge in [-0.25, -0.2) is 0 Å². The molecule has 0 amide bonds. The van der Waals surface area contributed by atoms with Gasteiger partial charge >= 0.3 is 5.97 Å². The Morgan fingerprint density at radius 1 is 1.56 bits per heavy atom. The van der Waals surface area contributed by atoms with Crippen LogP contribution in [0.5, 0.6) is 0 Å². The highest BCUT2D eigenvalue weighted by Crippen LogP contribution is 2.45. The summed E-state index contributed by atoms with van der Waals surface area (Å²) in [5.41, 5.74) is -0.234. The van der Waals surface area contributed by atoms with Crippen molar-refractivity contribution in [3.8, 4) is 0 Å². The van der Waals surface area contributed by atoms with Gasteiger partial charge in [-0.3, -0.25) is 4.79 Å². The summed E-state index contributed by atoms with van der Waals surface area (Å²) < 4.78 is 4.83. The first kappa shape index (κ1) is 13.4. The zero-order chi connectivity index (χ0) is 13.2. The number of fused-ring (bicyclic) bond motifs is 1. The molecule has 18 heavy (non-hydrogen) atoms. The van der Waals surface area contributed by atoms with Crippen molar-refractivity contribution in [3.63, 3.8) is 0 Å². The lowest BCUT2D eigenvalue weighted by Gasteiger charge is -2.38. The van der Waals surface area contributed by atoms with Gasteiger partial charge in [0.1, 0.15) is 5.60 Å². The topological polar surface area (TPSA) is 46.5 Å². The van der Waals surface area contributed by atoms with Crippen LogP contribution in [0, 0.1) is 5.92 Å². The summed E-state index contributed by atoms with van der Waals surface area (Å²) in [5, 5.41) is 11.0. The van der Waals surface area contributed by atoms with Gasteiger partial charge in [0.15, 0.2) is 0 Å². The Labute approximate surface area is 112 Å². The molecule has 0 radical (unpaired) electrons. The molecule has 2 atom stereocenters. The van der Waals surface area contributed by atoms with Crippen molar-refractivity contribution in [2.45, 2.75) is 30.3 Å². The molecule has 0 saturated heterocycles. The highest BCUT2D eigenvalue weighted by Gasteiger charge is 2.45. The molecule has 0 spiro atoms. The maximum atomic E-state index is 11.9. The normalized spacial score (nSPS) is 24.2. The minimum absolute atomic E-state index is 0.332. The number of ether oxygens (including phenoxy) is 1. The van der Waals surface area contributed by atoms with Gasteiger partial charge in [0.25, 0.3) is 0 Å². The van der Waals surface area contributed by atoms with Crippen LogP contribution in [0.25, 0.3) is 0 Å². The molecule has 1 N–H and O–H groups in total. The first-order valence-electron chi connectivity index (χ1n) is 6.16. The predicted octanol–water partition coefficient (Wildman–Crippen LogP) is 2.57. The molecule has 1 aliphatic rings. The molecule has 0 saturated carbocycles. The first-order chi connectivity index (χ1) is 8.63. The van der Waals surface area contributed by atoms with E-state index in [1.54, 1.807) is 11.8 Å². The quantitative estimate of drug-likeness (QED) is 0.854. The van der Waals surface area contributed by atoms with Crippen molar-refractivity contribution >= 4 is 17.7 Å². The van der Waals surface area contributed by atoms with Gasteiger partial charge in [-0.2, -0.15) is 0 Å². The second-order valence-corrected chi connectivity index (χ2v) is 5.64. The van der Waals surface area contributed by atoms with Crippen molar-refractivity contribution in [1.29, 1.82) is 0 Å². The molecule has 1 aromatic rings. The van der Waals surface area contributed by atoms with Crippen LogP contribution in [-0.4, -0.2) is 23.9 Å². The van der Waals surface area contributed by atoms with Crippen LogP contribution in [0.2, 0.25) is 0 Å². The minimum atomic E-state index is -1.09. The Morgan fingerprint density at radius 2 is 2.28 bits per heavy atom. The molecule has 4 heteroatoms. The smallest absolute Gasteiger partial charge is 0.311 e. The monoisotopic (exact) mass is 266 g/mol. The van der Waals surface area contributed by atoms with E-state index in [9.17, 15) is 9.90 Å². The van der Waals surface area contributed by atoms with E-state index < -0.39 is 11.5 Å².